The molecule has 1 heteroatoms. The summed E-state index contributed by atoms with van der Waals surface area (Å²) in [6.07, 6.45) is 5.20. The molecule has 0 aliphatic carbocycles. The van der Waals surface area contributed by atoms with Gasteiger partial charge < -0.3 is 4.74 Å². The van der Waals surface area contributed by atoms with Gasteiger partial charge in [0.05, 0.1) is 0 Å². The van der Waals surface area contributed by atoms with E-state index in [2.05, 4.69) is 27.7 Å². The van der Waals surface area contributed by atoms with Crippen molar-refractivity contribution in [3.8, 4) is 0 Å². The average molecular weight is 172 g/mol. The molecule has 0 atom stereocenters. The van der Waals surface area contributed by atoms with Crippen molar-refractivity contribution in [2.45, 2.75) is 53.4 Å². The van der Waals surface area contributed by atoms with Gasteiger partial charge in [-0.15, -0.1) is 0 Å². The molecule has 0 aromatic carbocycles. The first kappa shape index (κ1) is 12.0. The maximum absolute atomic E-state index is 5.07. The summed E-state index contributed by atoms with van der Waals surface area (Å²) in [6, 6.07) is 0. The number of ether oxygens (including phenoxy) is 1. The Morgan fingerprint density at radius 3 is 1.50 bits per heavy atom. The summed E-state index contributed by atoms with van der Waals surface area (Å²) < 4.78 is 5.07. The topological polar surface area (TPSA) is 9.23 Å². The van der Waals surface area contributed by atoms with E-state index in [4.69, 9.17) is 4.74 Å². The van der Waals surface area contributed by atoms with Crippen LogP contribution in [0.2, 0.25) is 0 Å². The zero-order chi connectivity index (χ0) is 9.45. The molecule has 0 aromatic rings. The highest BCUT2D eigenvalue weighted by Gasteiger charge is 2.03. The van der Waals surface area contributed by atoms with Crippen LogP contribution in [0.15, 0.2) is 0 Å². The molecule has 0 bridgehead atoms. The molecule has 12 heavy (non-hydrogen) atoms. The second kappa shape index (κ2) is 6.47. The average Bonchev–Trinajstić information content (AvgIpc) is 2.07. The molecule has 74 valence electrons. The van der Waals surface area contributed by atoms with Crippen molar-refractivity contribution < 1.29 is 4.74 Å². The Bertz CT molecular complexity index is 76.2. The van der Waals surface area contributed by atoms with Crippen LogP contribution < -0.4 is 0 Å². The summed E-state index contributed by atoms with van der Waals surface area (Å²) in [7, 11) is 0. The molecule has 1 heterocycles. The van der Waals surface area contributed by atoms with Gasteiger partial charge in [-0.1, -0.05) is 34.1 Å². The fourth-order valence-electron chi connectivity index (χ4n) is 0.687. The highest BCUT2D eigenvalue weighted by molar-refractivity contribution is 4.55. The molecule has 0 radical (unpaired) electrons. The molecule has 1 fully saturated rings. The number of hydrogen-bond acceptors (Lipinski definition) is 1. The molecule has 0 unspecified atom stereocenters. The minimum atomic E-state index is 0.542. The molecule has 0 aromatic heterocycles. The highest BCUT2D eigenvalue weighted by Crippen LogP contribution is 2.16. The van der Waals surface area contributed by atoms with Gasteiger partial charge in [0.15, 0.2) is 0 Å². The molecule has 0 saturated carbocycles. The van der Waals surface area contributed by atoms with Crippen LogP contribution in [-0.4, -0.2) is 13.2 Å². The number of hydrogen-bond donors (Lipinski definition) is 0. The van der Waals surface area contributed by atoms with Crippen molar-refractivity contribution in [3.63, 3.8) is 0 Å². The van der Waals surface area contributed by atoms with E-state index in [0.29, 0.717) is 5.41 Å². The third kappa shape index (κ3) is 9.96. The first-order valence-corrected chi connectivity index (χ1v) is 5.14. The second-order valence-electron chi connectivity index (χ2n) is 4.59. The Morgan fingerprint density at radius 2 is 1.42 bits per heavy atom. The molecule has 1 rings (SSSR count). The third-order valence-corrected chi connectivity index (χ3v) is 2.14. The van der Waals surface area contributed by atoms with Gasteiger partial charge in [-0.25, -0.2) is 0 Å². The Labute approximate surface area is 77.5 Å². The van der Waals surface area contributed by atoms with Crippen molar-refractivity contribution in [3.05, 3.63) is 0 Å². The Balaban J connectivity index is 0.000000202. The van der Waals surface area contributed by atoms with E-state index in [1.165, 1.54) is 25.7 Å². The summed E-state index contributed by atoms with van der Waals surface area (Å²) in [5, 5.41) is 0. The quantitative estimate of drug-likeness (QED) is 0.542. The lowest BCUT2D eigenvalue weighted by Crippen LogP contribution is -2.03. The van der Waals surface area contributed by atoms with E-state index in [0.717, 1.165) is 13.2 Å². The first-order chi connectivity index (χ1) is 5.56. The first-order valence-electron chi connectivity index (χ1n) is 5.14. The number of rotatable bonds is 0. The van der Waals surface area contributed by atoms with E-state index >= 15 is 0 Å². The maximum Gasteiger partial charge on any atom is 0.0466 e. The van der Waals surface area contributed by atoms with Crippen LogP contribution in [-0.2, 0) is 4.74 Å². The van der Waals surface area contributed by atoms with Crippen LogP contribution in [0.1, 0.15) is 53.4 Å². The van der Waals surface area contributed by atoms with Crippen molar-refractivity contribution in [2.75, 3.05) is 13.2 Å². The van der Waals surface area contributed by atoms with Crippen LogP contribution in [0.25, 0.3) is 0 Å². The van der Waals surface area contributed by atoms with Crippen molar-refractivity contribution in [1.29, 1.82) is 0 Å². The smallest absolute Gasteiger partial charge is 0.0466 e. The lowest BCUT2D eigenvalue weighted by molar-refractivity contribution is 0.0968. The van der Waals surface area contributed by atoms with Crippen LogP contribution in [0.4, 0.5) is 0 Å². The highest BCUT2D eigenvalue weighted by atomic mass is 16.5. The molecular weight excluding hydrogens is 148 g/mol. The molecule has 0 amide bonds. The summed E-state index contributed by atoms with van der Waals surface area (Å²) in [4.78, 5) is 0. The molecule has 1 saturated heterocycles. The summed E-state index contributed by atoms with van der Waals surface area (Å²) in [6.45, 7) is 10.9. The lowest BCUT2D eigenvalue weighted by Gasteiger charge is -2.12. The van der Waals surface area contributed by atoms with E-state index in [1.807, 2.05) is 0 Å². The Hall–Kier alpha value is -0.0400. The van der Waals surface area contributed by atoms with Crippen LogP contribution in [0, 0.1) is 5.41 Å². The van der Waals surface area contributed by atoms with E-state index < -0.39 is 0 Å². The van der Waals surface area contributed by atoms with Gasteiger partial charge in [-0.2, -0.15) is 0 Å². The Kier molecular flexibility index (Phi) is 6.45. The van der Waals surface area contributed by atoms with E-state index in [1.54, 1.807) is 0 Å². The minimum absolute atomic E-state index is 0.542. The van der Waals surface area contributed by atoms with Gasteiger partial charge in [0.1, 0.15) is 0 Å². The van der Waals surface area contributed by atoms with Gasteiger partial charge in [0.25, 0.3) is 0 Å². The van der Waals surface area contributed by atoms with Crippen molar-refractivity contribution in [2.24, 2.45) is 5.41 Å². The Morgan fingerprint density at radius 1 is 1.00 bits per heavy atom. The lowest BCUT2D eigenvalue weighted by atomic mass is 9.94. The normalized spacial score (nSPS) is 18.0. The van der Waals surface area contributed by atoms with Crippen LogP contribution in [0.5, 0.6) is 0 Å². The predicted octanol–water partition coefficient (Wildman–Crippen LogP) is 3.63. The van der Waals surface area contributed by atoms with Crippen LogP contribution >= 0.6 is 0 Å². The fraction of sp³-hybridized carbons (Fsp3) is 1.00. The summed E-state index contributed by atoms with van der Waals surface area (Å²) >= 11 is 0. The maximum atomic E-state index is 5.07. The SMILES string of the molecule is C1CCOCC1.CCC(C)(C)C. The largest absolute Gasteiger partial charge is 0.381 e. The molecule has 1 aliphatic rings. The minimum Gasteiger partial charge on any atom is -0.381 e. The third-order valence-electron chi connectivity index (χ3n) is 2.14. The zero-order valence-electron chi connectivity index (χ0n) is 9.15. The standard InChI is InChI=1S/C6H14.C5H10O/c1-5-6(2,3)4;1-2-4-6-5-3-1/h5H2,1-4H3;1-5H2. The van der Waals surface area contributed by atoms with Gasteiger partial charge in [0, 0.05) is 13.2 Å². The van der Waals surface area contributed by atoms with E-state index in [9.17, 15) is 0 Å². The molecule has 0 spiro atoms. The van der Waals surface area contributed by atoms with Crippen LogP contribution in [0.3, 0.4) is 0 Å². The molecule has 1 nitrogen and oxygen atoms in total. The van der Waals surface area contributed by atoms with Gasteiger partial charge in [-0.05, 0) is 24.7 Å². The van der Waals surface area contributed by atoms with Gasteiger partial charge in [0.2, 0.25) is 0 Å². The van der Waals surface area contributed by atoms with Crippen molar-refractivity contribution >= 4 is 0 Å². The van der Waals surface area contributed by atoms with E-state index in [-0.39, 0.29) is 0 Å². The van der Waals surface area contributed by atoms with Gasteiger partial charge in [-0.3, -0.25) is 0 Å². The summed E-state index contributed by atoms with van der Waals surface area (Å²) in [5.41, 5.74) is 0.542. The monoisotopic (exact) mass is 172 g/mol. The molecule has 1 aliphatic heterocycles. The fourth-order valence-corrected chi connectivity index (χ4v) is 0.687. The second-order valence-corrected chi connectivity index (χ2v) is 4.59. The van der Waals surface area contributed by atoms with Crippen molar-refractivity contribution in [1.82, 2.24) is 0 Å². The zero-order valence-corrected chi connectivity index (χ0v) is 9.15. The molecular formula is C11H24O. The summed E-state index contributed by atoms with van der Waals surface area (Å²) in [5.74, 6) is 0. The molecule has 0 N–H and O–H groups in total. The van der Waals surface area contributed by atoms with Gasteiger partial charge >= 0.3 is 0 Å². The predicted molar refractivity (Wildman–Crippen MR) is 54.4 cm³/mol.